The van der Waals surface area contributed by atoms with Gasteiger partial charge >= 0.3 is 0 Å². The van der Waals surface area contributed by atoms with Crippen molar-refractivity contribution in [3.8, 4) is 0 Å². The molecule has 4 N–H and O–H groups in total. The highest BCUT2D eigenvalue weighted by Crippen LogP contribution is 2.22. The van der Waals surface area contributed by atoms with Crippen LogP contribution in [0.15, 0.2) is 24.3 Å². The lowest BCUT2D eigenvalue weighted by atomic mass is 9.86. The van der Waals surface area contributed by atoms with Gasteiger partial charge in [0.05, 0.1) is 0 Å². The molecule has 6 heteroatoms. The molecular weight excluding hydrogens is 350 g/mol. The second-order valence-corrected chi connectivity index (χ2v) is 8.73. The Morgan fingerprint density at radius 2 is 1.54 bits per heavy atom. The molecule has 0 bridgehead atoms. The predicted octanol–water partition coefficient (Wildman–Crippen LogP) is 3.01. The van der Waals surface area contributed by atoms with E-state index in [2.05, 4.69) is 31.4 Å². The molecule has 0 saturated heterocycles. The van der Waals surface area contributed by atoms with Gasteiger partial charge in [-0.05, 0) is 42.9 Å². The van der Waals surface area contributed by atoms with E-state index >= 15 is 0 Å². The molecule has 0 aliphatic rings. The van der Waals surface area contributed by atoms with Gasteiger partial charge in [-0.2, -0.15) is 0 Å². The van der Waals surface area contributed by atoms with Crippen molar-refractivity contribution in [2.45, 2.75) is 65.5 Å². The number of nitrogens with one attached hydrogen (secondary N) is 2. The van der Waals surface area contributed by atoms with E-state index in [0.717, 1.165) is 5.56 Å². The summed E-state index contributed by atoms with van der Waals surface area (Å²) in [5.41, 5.74) is 7.14. The van der Waals surface area contributed by atoms with Gasteiger partial charge < -0.3 is 16.4 Å². The molecule has 1 aromatic rings. The Kier molecular flexibility index (Phi) is 8.80. The van der Waals surface area contributed by atoms with E-state index in [1.165, 1.54) is 0 Å². The number of halogens is 1. The molecule has 0 heterocycles. The quantitative estimate of drug-likeness (QED) is 0.705. The summed E-state index contributed by atoms with van der Waals surface area (Å²) in [6, 6.07) is 6.91. The summed E-state index contributed by atoms with van der Waals surface area (Å²) < 4.78 is 0. The van der Waals surface area contributed by atoms with Gasteiger partial charge in [0.15, 0.2) is 0 Å². The fraction of sp³-hybridized carbons (Fsp3) is 0.600. The topological polar surface area (TPSA) is 84.2 Å². The molecule has 0 spiro atoms. The monoisotopic (exact) mass is 383 g/mol. The van der Waals surface area contributed by atoms with Crippen LogP contribution >= 0.6 is 12.4 Å². The van der Waals surface area contributed by atoms with Crippen molar-refractivity contribution in [1.82, 2.24) is 10.6 Å². The van der Waals surface area contributed by atoms with Crippen molar-refractivity contribution in [2.75, 3.05) is 6.54 Å². The van der Waals surface area contributed by atoms with Gasteiger partial charge in [0.25, 0.3) is 5.91 Å². The molecule has 0 aromatic heterocycles. The summed E-state index contributed by atoms with van der Waals surface area (Å²) in [5, 5.41) is 5.65. The number of carbonyl (C=O) groups excluding carboxylic acids is 2. The first-order chi connectivity index (χ1) is 11.3. The molecule has 2 amide bonds. The van der Waals surface area contributed by atoms with Crippen LogP contribution in [0.1, 0.15) is 64.4 Å². The van der Waals surface area contributed by atoms with E-state index in [1.807, 2.05) is 39.8 Å². The normalized spacial score (nSPS) is 13.0. The van der Waals surface area contributed by atoms with Gasteiger partial charge in [0, 0.05) is 17.6 Å². The summed E-state index contributed by atoms with van der Waals surface area (Å²) in [6.45, 7) is 14.2. The molecule has 0 aliphatic carbocycles. The van der Waals surface area contributed by atoms with E-state index in [9.17, 15) is 9.59 Å². The zero-order valence-corrected chi connectivity index (χ0v) is 17.8. The Hall–Kier alpha value is -1.59. The van der Waals surface area contributed by atoms with Crippen molar-refractivity contribution in [3.63, 3.8) is 0 Å². The zero-order chi connectivity index (χ0) is 19.4. The van der Waals surface area contributed by atoms with Crippen LogP contribution in [0, 0.1) is 5.92 Å². The second-order valence-electron chi connectivity index (χ2n) is 8.73. The minimum absolute atomic E-state index is 0. The molecule has 148 valence electrons. The Morgan fingerprint density at radius 3 is 1.92 bits per heavy atom. The van der Waals surface area contributed by atoms with Crippen molar-refractivity contribution in [1.29, 1.82) is 0 Å². The standard InChI is InChI=1S/C20H33N3O2.ClH/c1-13(2)16(18(25)22-12-20(6,7)21)23-17(24)14-8-10-15(11-9-14)19(3,4)5;/h8-11,13,16H,12,21H2,1-7H3,(H,22,25)(H,23,24);1H. The highest BCUT2D eigenvalue weighted by molar-refractivity contribution is 5.97. The molecule has 0 aliphatic heterocycles. The minimum atomic E-state index is -0.600. The van der Waals surface area contributed by atoms with Crippen LogP contribution in [0.5, 0.6) is 0 Å². The zero-order valence-electron chi connectivity index (χ0n) is 17.0. The Labute approximate surface area is 163 Å². The second kappa shape index (κ2) is 9.38. The average Bonchev–Trinajstić information content (AvgIpc) is 2.48. The fourth-order valence-corrected chi connectivity index (χ4v) is 2.31. The highest BCUT2D eigenvalue weighted by atomic mass is 35.5. The molecule has 0 saturated carbocycles. The maximum absolute atomic E-state index is 12.5. The predicted molar refractivity (Wildman–Crippen MR) is 110 cm³/mol. The van der Waals surface area contributed by atoms with Crippen molar-refractivity contribution in [3.05, 3.63) is 35.4 Å². The van der Waals surface area contributed by atoms with E-state index < -0.39 is 11.6 Å². The van der Waals surface area contributed by atoms with E-state index in [-0.39, 0.29) is 35.6 Å². The van der Waals surface area contributed by atoms with Gasteiger partial charge in [0.2, 0.25) is 5.91 Å². The summed E-state index contributed by atoms with van der Waals surface area (Å²) in [7, 11) is 0. The Balaban J connectivity index is 0.00000625. The third kappa shape index (κ3) is 7.75. The van der Waals surface area contributed by atoms with Gasteiger partial charge in [-0.1, -0.05) is 46.8 Å². The van der Waals surface area contributed by atoms with Crippen molar-refractivity contribution in [2.24, 2.45) is 11.7 Å². The SMILES string of the molecule is CC(C)C(NC(=O)c1ccc(C(C)(C)C)cc1)C(=O)NCC(C)(C)N.Cl. The number of benzene rings is 1. The fourth-order valence-electron chi connectivity index (χ4n) is 2.31. The summed E-state index contributed by atoms with van der Waals surface area (Å²) in [6.07, 6.45) is 0. The van der Waals surface area contributed by atoms with E-state index in [4.69, 9.17) is 5.73 Å². The van der Waals surface area contributed by atoms with Gasteiger partial charge in [-0.3, -0.25) is 9.59 Å². The molecule has 26 heavy (non-hydrogen) atoms. The van der Waals surface area contributed by atoms with E-state index in [1.54, 1.807) is 12.1 Å². The number of hydrogen-bond acceptors (Lipinski definition) is 3. The van der Waals surface area contributed by atoms with Crippen LogP contribution in [-0.2, 0) is 10.2 Å². The minimum Gasteiger partial charge on any atom is -0.352 e. The largest absolute Gasteiger partial charge is 0.352 e. The molecular formula is C20H34ClN3O2. The first-order valence-electron chi connectivity index (χ1n) is 8.79. The van der Waals surface area contributed by atoms with Crippen LogP contribution in [0.3, 0.4) is 0 Å². The van der Waals surface area contributed by atoms with Crippen LogP contribution in [0.25, 0.3) is 0 Å². The maximum atomic E-state index is 12.5. The van der Waals surface area contributed by atoms with Gasteiger partial charge in [0.1, 0.15) is 6.04 Å². The van der Waals surface area contributed by atoms with Crippen molar-refractivity contribution >= 4 is 24.2 Å². The number of nitrogens with two attached hydrogens (primary N) is 1. The summed E-state index contributed by atoms with van der Waals surface area (Å²) in [5.74, 6) is -0.492. The third-order valence-corrected chi connectivity index (χ3v) is 3.97. The number of rotatable bonds is 6. The van der Waals surface area contributed by atoms with Crippen LogP contribution in [-0.4, -0.2) is 29.9 Å². The van der Waals surface area contributed by atoms with E-state index in [0.29, 0.717) is 12.1 Å². The maximum Gasteiger partial charge on any atom is 0.251 e. The first-order valence-corrected chi connectivity index (χ1v) is 8.79. The van der Waals surface area contributed by atoms with Gasteiger partial charge in [-0.25, -0.2) is 0 Å². The lowest BCUT2D eigenvalue weighted by molar-refractivity contribution is -0.124. The summed E-state index contributed by atoms with van der Waals surface area (Å²) in [4.78, 5) is 24.9. The Morgan fingerprint density at radius 1 is 1.04 bits per heavy atom. The number of carbonyl (C=O) groups is 2. The molecule has 5 nitrogen and oxygen atoms in total. The molecule has 1 rings (SSSR count). The molecule has 1 unspecified atom stereocenters. The van der Waals surface area contributed by atoms with Crippen LogP contribution < -0.4 is 16.4 Å². The third-order valence-electron chi connectivity index (χ3n) is 3.97. The highest BCUT2D eigenvalue weighted by Gasteiger charge is 2.26. The van der Waals surface area contributed by atoms with Gasteiger partial charge in [-0.15, -0.1) is 12.4 Å². The average molecular weight is 384 g/mol. The van der Waals surface area contributed by atoms with Crippen LogP contribution in [0.4, 0.5) is 0 Å². The molecule has 0 fully saturated rings. The lowest BCUT2D eigenvalue weighted by Crippen LogP contribution is -2.53. The number of hydrogen-bond donors (Lipinski definition) is 3. The molecule has 1 aromatic carbocycles. The summed E-state index contributed by atoms with van der Waals surface area (Å²) >= 11 is 0. The molecule has 1 atom stereocenters. The Bertz CT molecular complexity index is 599. The van der Waals surface area contributed by atoms with Crippen LogP contribution in [0.2, 0.25) is 0 Å². The molecule has 0 radical (unpaired) electrons. The lowest BCUT2D eigenvalue weighted by Gasteiger charge is -2.25. The first kappa shape index (κ1) is 24.4. The van der Waals surface area contributed by atoms with Crippen molar-refractivity contribution < 1.29 is 9.59 Å². The number of amides is 2. The smallest absolute Gasteiger partial charge is 0.251 e.